The van der Waals surface area contributed by atoms with Crippen molar-refractivity contribution in [1.29, 1.82) is 0 Å². The molecule has 1 aromatic heterocycles. The van der Waals surface area contributed by atoms with Crippen LogP contribution in [0.15, 0.2) is 53.3 Å². The molecule has 3 rings (SSSR count). The van der Waals surface area contributed by atoms with Gasteiger partial charge in [0.2, 0.25) is 0 Å². The molecule has 9 nitrogen and oxygen atoms in total. The first-order chi connectivity index (χ1) is 16.8. The van der Waals surface area contributed by atoms with Gasteiger partial charge in [-0.05, 0) is 42.2 Å². The number of benzene rings is 2. The highest BCUT2D eigenvalue weighted by Gasteiger charge is 2.16. The Morgan fingerprint density at radius 2 is 1.83 bits per heavy atom. The fraction of sp³-hybridized carbons (Fsp3) is 0.308. The van der Waals surface area contributed by atoms with Gasteiger partial charge in [-0.2, -0.15) is 5.10 Å². The van der Waals surface area contributed by atoms with Crippen molar-refractivity contribution >= 4 is 28.7 Å². The predicted octanol–water partition coefficient (Wildman–Crippen LogP) is 3.32. The zero-order valence-corrected chi connectivity index (χ0v) is 20.3. The highest BCUT2D eigenvalue weighted by molar-refractivity contribution is 6.05. The van der Waals surface area contributed by atoms with Crippen LogP contribution in [0.4, 0.5) is 0 Å². The van der Waals surface area contributed by atoms with Crippen molar-refractivity contribution in [1.82, 2.24) is 20.6 Å². The minimum Gasteiger partial charge on any atom is -0.493 e. The molecule has 0 fully saturated rings. The first-order valence-electron chi connectivity index (χ1n) is 11.4. The molecule has 35 heavy (non-hydrogen) atoms. The molecule has 0 aliphatic carbocycles. The molecule has 0 aliphatic rings. The SMILES string of the molecule is CCCn1nc(C(=O)NNC(=O)/C=C/c2ccc(OCC(C)C)c(OC)c2)c2ccccc2c1=O. The summed E-state index contributed by atoms with van der Waals surface area (Å²) < 4.78 is 12.4. The van der Waals surface area contributed by atoms with Gasteiger partial charge in [0.25, 0.3) is 17.4 Å². The molecule has 9 heteroatoms. The van der Waals surface area contributed by atoms with Crippen molar-refractivity contribution < 1.29 is 19.1 Å². The average Bonchev–Trinajstić information content (AvgIpc) is 2.86. The van der Waals surface area contributed by atoms with E-state index in [1.54, 1.807) is 55.7 Å². The zero-order valence-electron chi connectivity index (χ0n) is 20.3. The smallest absolute Gasteiger partial charge is 0.290 e. The fourth-order valence-corrected chi connectivity index (χ4v) is 3.32. The van der Waals surface area contributed by atoms with Gasteiger partial charge in [-0.15, -0.1) is 0 Å². The number of nitrogens with zero attached hydrogens (tertiary/aromatic N) is 2. The van der Waals surface area contributed by atoms with Crippen LogP contribution in [0.5, 0.6) is 11.5 Å². The van der Waals surface area contributed by atoms with Gasteiger partial charge in [-0.3, -0.25) is 25.2 Å². The van der Waals surface area contributed by atoms with Crippen molar-refractivity contribution in [3.8, 4) is 11.5 Å². The minimum atomic E-state index is -0.624. The first kappa shape index (κ1) is 25.5. The standard InChI is InChI=1S/C26H30N4O5/c1-5-14-30-26(33)20-9-7-6-8-19(20)24(29-30)25(32)28-27-23(31)13-11-18-10-12-21(22(15-18)34-4)35-16-17(2)3/h6-13,15,17H,5,14,16H2,1-4H3,(H,27,31)(H,28,32)/b13-11+. The number of aromatic nitrogens is 2. The van der Waals surface area contributed by atoms with Crippen molar-refractivity contribution in [2.45, 2.75) is 33.7 Å². The molecule has 0 spiro atoms. The van der Waals surface area contributed by atoms with E-state index >= 15 is 0 Å². The molecule has 3 aromatic rings. The Balaban J connectivity index is 1.69. The van der Waals surface area contributed by atoms with E-state index in [2.05, 4.69) is 29.8 Å². The quantitative estimate of drug-likeness (QED) is 0.361. The van der Waals surface area contributed by atoms with E-state index in [9.17, 15) is 14.4 Å². The largest absolute Gasteiger partial charge is 0.493 e. The van der Waals surface area contributed by atoms with Crippen LogP contribution in [0.1, 0.15) is 43.2 Å². The van der Waals surface area contributed by atoms with E-state index in [1.807, 2.05) is 6.92 Å². The number of ether oxygens (including phenoxy) is 2. The summed E-state index contributed by atoms with van der Waals surface area (Å²) >= 11 is 0. The highest BCUT2D eigenvalue weighted by atomic mass is 16.5. The molecule has 0 saturated heterocycles. The average molecular weight is 479 g/mol. The van der Waals surface area contributed by atoms with Gasteiger partial charge in [-0.25, -0.2) is 4.68 Å². The Morgan fingerprint density at radius 1 is 1.09 bits per heavy atom. The summed E-state index contributed by atoms with van der Waals surface area (Å²) in [5.41, 5.74) is 5.22. The zero-order chi connectivity index (χ0) is 25.4. The number of hydrogen-bond donors (Lipinski definition) is 2. The lowest BCUT2D eigenvalue weighted by Gasteiger charge is -2.12. The molecule has 2 aromatic carbocycles. The van der Waals surface area contributed by atoms with E-state index < -0.39 is 11.8 Å². The molecule has 0 radical (unpaired) electrons. The Bertz CT molecular complexity index is 1300. The normalized spacial score (nSPS) is 11.1. The van der Waals surface area contributed by atoms with Crippen LogP contribution in [-0.2, 0) is 11.3 Å². The Morgan fingerprint density at radius 3 is 2.51 bits per heavy atom. The minimum absolute atomic E-state index is 0.0552. The molecule has 0 saturated carbocycles. The molecular weight excluding hydrogens is 448 g/mol. The second-order valence-corrected chi connectivity index (χ2v) is 8.31. The number of carbonyl (C=O) groups is 2. The van der Waals surface area contributed by atoms with E-state index in [0.29, 0.717) is 47.8 Å². The number of hydrogen-bond acceptors (Lipinski definition) is 6. The third-order valence-corrected chi connectivity index (χ3v) is 5.00. The number of carbonyl (C=O) groups excluding carboxylic acids is 2. The molecule has 0 bridgehead atoms. The Labute approximate surface area is 203 Å². The number of fused-ring (bicyclic) bond motifs is 1. The predicted molar refractivity (Wildman–Crippen MR) is 134 cm³/mol. The lowest BCUT2D eigenvalue weighted by molar-refractivity contribution is -0.117. The van der Waals surface area contributed by atoms with Crippen molar-refractivity contribution in [2.24, 2.45) is 5.92 Å². The lowest BCUT2D eigenvalue weighted by atomic mass is 10.1. The third-order valence-electron chi connectivity index (χ3n) is 5.00. The van der Waals surface area contributed by atoms with Crippen molar-refractivity contribution in [2.75, 3.05) is 13.7 Å². The molecule has 2 N–H and O–H groups in total. The van der Waals surface area contributed by atoms with E-state index in [4.69, 9.17) is 9.47 Å². The molecular formula is C26H30N4O5. The summed E-state index contributed by atoms with van der Waals surface area (Å²) in [6.07, 6.45) is 3.56. The molecule has 0 unspecified atom stereocenters. The molecule has 0 aliphatic heterocycles. The first-order valence-corrected chi connectivity index (χ1v) is 11.4. The molecule has 0 atom stereocenters. The van der Waals surface area contributed by atoms with E-state index in [-0.39, 0.29) is 11.3 Å². The van der Waals surface area contributed by atoms with Crippen LogP contribution in [0.3, 0.4) is 0 Å². The van der Waals surface area contributed by atoms with Gasteiger partial charge in [0, 0.05) is 18.0 Å². The maximum atomic E-state index is 12.8. The van der Waals surface area contributed by atoms with E-state index in [0.717, 1.165) is 5.56 Å². The van der Waals surface area contributed by atoms with Gasteiger partial charge in [0.15, 0.2) is 17.2 Å². The monoisotopic (exact) mass is 478 g/mol. The number of rotatable bonds is 9. The Kier molecular flexibility index (Phi) is 8.61. The van der Waals surface area contributed by atoms with Crippen LogP contribution in [0.2, 0.25) is 0 Å². The van der Waals surface area contributed by atoms with Gasteiger partial charge in [0.1, 0.15) is 0 Å². The van der Waals surface area contributed by atoms with Gasteiger partial charge < -0.3 is 9.47 Å². The van der Waals surface area contributed by atoms with Gasteiger partial charge in [-0.1, -0.05) is 45.0 Å². The second-order valence-electron chi connectivity index (χ2n) is 8.31. The molecule has 184 valence electrons. The third kappa shape index (κ3) is 6.47. The second kappa shape index (κ2) is 11.8. The van der Waals surface area contributed by atoms with Crippen molar-refractivity contribution in [3.63, 3.8) is 0 Å². The van der Waals surface area contributed by atoms with Gasteiger partial charge in [0.05, 0.1) is 19.1 Å². The van der Waals surface area contributed by atoms with Crippen LogP contribution < -0.4 is 25.9 Å². The van der Waals surface area contributed by atoms with Crippen LogP contribution >= 0.6 is 0 Å². The van der Waals surface area contributed by atoms with E-state index in [1.165, 1.54) is 10.8 Å². The summed E-state index contributed by atoms with van der Waals surface area (Å²) in [6, 6.07) is 12.1. The number of amides is 2. The number of nitrogens with one attached hydrogen (secondary N) is 2. The topological polar surface area (TPSA) is 112 Å². The van der Waals surface area contributed by atoms with Crippen LogP contribution in [0.25, 0.3) is 16.8 Å². The van der Waals surface area contributed by atoms with Crippen molar-refractivity contribution in [3.05, 3.63) is 70.2 Å². The van der Waals surface area contributed by atoms with Crippen LogP contribution in [0, 0.1) is 5.92 Å². The highest BCUT2D eigenvalue weighted by Crippen LogP contribution is 2.29. The molecule has 2 amide bonds. The van der Waals surface area contributed by atoms with Gasteiger partial charge >= 0.3 is 0 Å². The number of aryl methyl sites for hydroxylation is 1. The summed E-state index contributed by atoms with van der Waals surface area (Å²) in [5.74, 6) is 0.395. The maximum Gasteiger partial charge on any atom is 0.290 e. The summed E-state index contributed by atoms with van der Waals surface area (Å²) in [7, 11) is 1.55. The molecule has 1 heterocycles. The van der Waals surface area contributed by atoms with Crippen LogP contribution in [-0.4, -0.2) is 35.3 Å². The lowest BCUT2D eigenvalue weighted by Crippen LogP contribution is -2.42. The summed E-state index contributed by atoms with van der Waals surface area (Å²) in [5, 5.41) is 5.02. The fourth-order valence-electron chi connectivity index (χ4n) is 3.32. The maximum absolute atomic E-state index is 12.8. The number of hydrazine groups is 1. The Hall–Kier alpha value is -4.14. The summed E-state index contributed by atoms with van der Waals surface area (Å²) in [6.45, 7) is 6.97. The number of methoxy groups -OCH3 is 1. The summed E-state index contributed by atoms with van der Waals surface area (Å²) in [4.78, 5) is 37.7.